The number of hydrogen-bond donors (Lipinski definition) is 1. The molecule has 0 rings (SSSR count). The Morgan fingerprint density at radius 3 is 2.31 bits per heavy atom. The van der Waals surface area contributed by atoms with Crippen LogP contribution >= 0.6 is 11.8 Å². The van der Waals surface area contributed by atoms with Gasteiger partial charge in [-0.1, -0.05) is 20.4 Å². The monoisotopic (exact) mass is 387 g/mol. The molecule has 0 aliphatic rings. The lowest BCUT2D eigenvalue weighted by Crippen LogP contribution is -2.37. The van der Waals surface area contributed by atoms with E-state index in [1.165, 1.54) is 7.11 Å². The molecule has 0 saturated carbocycles. The minimum Gasteiger partial charge on any atom is -0.469 e. The lowest BCUT2D eigenvalue weighted by atomic mass is 9.94. The summed E-state index contributed by atoms with van der Waals surface area (Å²) in [6, 6.07) is 0. The zero-order chi connectivity index (χ0) is 20.4. The van der Waals surface area contributed by atoms with Gasteiger partial charge in [-0.3, -0.25) is 4.79 Å². The zero-order valence-electron chi connectivity index (χ0n) is 17.6. The summed E-state index contributed by atoms with van der Waals surface area (Å²) in [5.74, 6) is 0.539. The molecule has 0 aromatic heterocycles. The highest BCUT2D eigenvalue weighted by molar-refractivity contribution is 8.00. The molecular formula is C20H37NO4S. The van der Waals surface area contributed by atoms with Crippen LogP contribution < -0.4 is 5.32 Å². The molecule has 0 radical (unpaired) electrons. The molecule has 0 spiro atoms. The molecule has 0 amide bonds. The summed E-state index contributed by atoms with van der Waals surface area (Å²) in [5, 5.41) is 3.34. The van der Waals surface area contributed by atoms with E-state index in [1.54, 1.807) is 11.8 Å². The van der Waals surface area contributed by atoms with Crippen molar-refractivity contribution in [1.29, 1.82) is 0 Å². The molecule has 0 unspecified atom stereocenters. The van der Waals surface area contributed by atoms with E-state index in [1.807, 2.05) is 27.7 Å². The van der Waals surface area contributed by atoms with Gasteiger partial charge in [0, 0.05) is 29.2 Å². The van der Waals surface area contributed by atoms with E-state index in [2.05, 4.69) is 25.7 Å². The number of rotatable bonds is 14. The fourth-order valence-corrected chi connectivity index (χ4v) is 3.06. The Balaban J connectivity index is 4.18. The molecule has 0 saturated heterocycles. The molecule has 1 N–H and O–H groups in total. The number of carbonyl (C=O) groups excluding carboxylic acids is 2. The minimum absolute atomic E-state index is 0.0629. The first-order valence-corrected chi connectivity index (χ1v) is 10.1. The lowest BCUT2D eigenvalue weighted by Gasteiger charge is -2.31. The largest absolute Gasteiger partial charge is 0.469 e. The van der Waals surface area contributed by atoms with Crippen molar-refractivity contribution in [3.05, 3.63) is 12.3 Å². The van der Waals surface area contributed by atoms with Gasteiger partial charge in [-0.25, -0.2) is 0 Å². The summed E-state index contributed by atoms with van der Waals surface area (Å²) >= 11 is 1.80. The topological polar surface area (TPSA) is 64.6 Å². The molecule has 26 heavy (non-hydrogen) atoms. The van der Waals surface area contributed by atoms with Crippen molar-refractivity contribution in [1.82, 2.24) is 5.32 Å². The number of carbonyl (C=O) groups is 2. The summed E-state index contributed by atoms with van der Waals surface area (Å²) in [7, 11) is 1.39. The van der Waals surface area contributed by atoms with Gasteiger partial charge in [0.1, 0.15) is 6.29 Å². The van der Waals surface area contributed by atoms with Crippen molar-refractivity contribution in [3.8, 4) is 0 Å². The van der Waals surface area contributed by atoms with E-state index in [-0.39, 0.29) is 16.3 Å². The van der Waals surface area contributed by atoms with Crippen LogP contribution in [0.5, 0.6) is 0 Å². The number of nitrogens with one attached hydrogen (secondary N) is 1. The summed E-state index contributed by atoms with van der Waals surface area (Å²) in [6.07, 6.45) is 3.22. The van der Waals surface area contributed by atoms with Gasteiger partial charge in [-0.2, -0.15) is 0 Å². The van der Waals surface area contributed by atoms with Gasteiger partial charge in [0.05, 0.1) is 24.7 Å². The Morgan fingerprint density at radius 2 is 1.77 bits per heavy atom. The van der Waals surface area contributed by atoms with Crippen LogP contribution in [-0.2, 0) is 19.1 Å². The van der Waals surface area contributed by atoms with Gasteiger partial charge in [0.2, 0.25) is 0 Å². The number of thioether (sulfide) groups is 1. The zero-order valence-corrected chi connectivity index (χ0v) is 18.4. The van der Waals surface area contributed by atoms with Crippen LogP contribution in [0.25, 0.3) is 0 Å². The SMILES string of the molecule is C=C(CSC(C)(C)CCC=O)NCCC(C)(C)OCC(C)(C)C(=O)OC. The average Bonchev–Trinajstić information content (AvgIpc) is 2.56. The van der Waals surface area contributed by atoms with Gasteiger partial charge >= 0.3 is 5.97 Å². The average molecular weight is 388 g/mol. The first-order valence-electron chi connectivity index (χ1n) is 9.07. The van der Waals surface area contributed by atoms with E-state index in [4.69, 9.17) is 9.47 Å². The van der Waals surface area contributed by atoms with Gasteiger partial charge in [0.25, 0.3) is 0 Å². The first-order chi connectivity index (χ1) is 11.9. The van der Waals surface area contributed by atoms with Crippen molar-refractivity contribution in [2.24, 2.45) is 5.41 Å². The predicted octanol–water partition coefficient (Wildman–Crippen LogP) is 3.97. The van der Waals surface area contributed by atoms with Crippen LogP contribution in [0.15, 0.2) is 12.3 Å². The maximum absolute atomic E-state index is 11.7. The second kappa shape index (κ2) is 11.0. The van der Waals surface area contributed by atoms with Crippen molar-refractivity contribution in [2.45, 2.75) is 71.2 Å². The predicted molar refractivity (Wildman–Crippen MR) is 109 cm³/mol. The van der Waals surface area contributed by atoms with E-state index in [0.29, 0.717) is 13.0 Å². The first kappa shape index (κ1) is 25.0. The minimum atomic E-state index is -0.660. The molecule has 152 valence electrons. The standard InChI is InChI=1S/C20H37NO4S/c1-16(14-26-20(6,7)10-9-13-22)21-12-11-19(4,5)25-15-18(2,3)17(23)24-8/h13,21H,1,9-12,14-15H2,2-8H3. The Morgan fingerprint density at radius 1 is 1.15 bits per heavy atom. The molecular weight excluding hydrogens is 350 g/mol. The number of methoxy groups -OCH3 is 1. The molecule has 0 heterocycles. The van der Waals surface area contributed by atoms with Gasteiger partial charge < -0.3 is 19.6 Å². The molecule has 0 bridgehead atoms. The third kappa shape index (κ3) is 10.9. The number of aldehydes is 1. The molecule has 6 heteroatoms. The molecule has 0 aromatic carbocycles. The lowest BCUT2D eigenvalue weighted by molar-refractivity contribution is -0.158. The Kier molecular flexibility index (Phi) is 10.5. The van der Waals surface area contributed by atoms with Crippen LogP contribution in [0.2, 0.25) is 0 Å². The van der Waals surface area contributed by atoms with Crippen molar-refractivity contribution in [3.63, 3.8) is 0 Å². The molecule has 0 fully saturated rings. The quantitative estimate of drug-likeness (QED) is 0.359. The molecule has 0 atom stereocenters. The van der Waals surface area contributed by atoms with E-state index < -0.39 is 5.41 Å². The maximum atomic E-state index is 11.7. The fourth-order valence-electron chi connectivity index (χ4n) is 2.14. The second-order valence-corrected chi connectivity index (χ2v) is 10.1. The van der Waals surface area contributed by atoms with Crippen molar-refractivity contribution < 1.29 is 19.1 Å². The Labute approximate surface area is 163 Å². The number of hydrogen-bond acceptors (Lipinski definition) is 6. The van der Waals surface area contributed by atoms with E-state index in [9.17, 15) is 9.59 Å². The Hall–Kier alpha value is -1.01. The fraction of sp³-hybridized carbons (Fsp3) is 0.800. The summed E-state index contributed by atoms with van der Waals surface area (Å²) in [4.78, 5) is 22.2. The highest BCUT2D eigenvalue weighted by atomic mass is 32.2. The second-order valence-electron chi connectivity index (χ2n) is 8.46. The van der Waals surface area contributed by atoms with Crippen molar-refractivity contribution >= 4 is 24.0 Å². The number of ether oxygens (including phenoxy) is 2. The van der Waals surface area contributed by atoms with Crippen molar-refractivity contribution in [2.75, 3.05) is 26.0 Å². The number of esters is 1. The third-order valence-electron chi connectivity index (χ3n) is 4.17. The van der Waals surface area contributed by atoms with Crippen LogP contribution in [0.1, 0.15) is 60.8 Å². The summed E-state index contributed by atoms with van der Waals surface area (Å²) in [6.45, 7) is 17.1. The summed E-state index contributed by atoms with van der Waals surface area (Å²) in [5.41, 5.74) is -0.0401. The maximum Gasteiger partial charge on any atom is 0.313 e. The molecule has 0 aliphatic carbocycles. The van der Waals surface area contributed by atoms with Gasteiger partial charge in [0.15, 0.2) is 0 Å². The van der Waals surface area contributed by atoms with E-state index >= 15 is 0 Å². The van der Waals surface area contributed by atoms with Crippen LogP contribution in [0.3, 0.4) is 0 Å². The van der Waals surface area contributed by atoms with Gasteiger partial charge in [-0.05, 0) is 40.5 Å². The van der Waals surface area contributed by atoms with Crippen LogP contribution in [0, 0.1) is 5.41 Å². The summed E-state index contributed by atoms with van der Waals surface area (Å²) < 4.78 is 10.8. The van der Waals surface area contributed by atoms with Crippen LogP contribution in [0.4, 0.5) is 0 Å². The third-order valence-corrected chi connectivity index (χ3v) is 5.64. The Bertz CT molecular complexity index is 472. The molecule has 0 aromatic rings. The van der Waals surface area contributed by atoms with Crippen LogP contribution in [-0.4, -0.2) is 48.6 Å². The highest BCUT2D eigenvalue weighted by Gasteiger charge is 2.32. The van der Waals surface area contributed by atoms with Gasteiger partial charge in [-0.15, -0.1) is 11.8 Å². The smallest absolute Gasteiger partial charge is 0.313 e. The van der Waals surface area contributed by atoms with E-state index in [0.717, 1.165) is 37.1 Å². The normalized spacial score (nSPS) is 12.6. The highest BCUT2D eigenvalue weighted by Crippen LogP contribution is 2.30. The molecule has 0 aliphatic heterocycles. The molecule has 5 nitrogen and oxygen atoms in total.